The van der Waals surface area contributed by atoms with E-state index in [2.05, 4.69) is 15.6 Å². The van der Waals surface area contributed by atoms with Crippen LogP contribution in [0.2, 0.25) is 0 Å². The van der Waals surface area contributed by atoms with E-state index in [0.717, 1.165) is 10.2 Å². The highest BCUT2D eigenvalue weighted by atomic mass is 32.1. The van der Waals surface area contributed by atoms with Crippen LogP contribution in [0.5, 0.6) is 0 Å². The first-order valence-corrected chi connectivity index (χ1v) is 7.56. The van der Waals surface area contributed by atoms with Gasteiger partial charge < -0.3 is 10.6 Å². The molecule has 5 nitrogen and oxygen atoms in total. The summed E-state index contributed by atoms with van der Waals surface area (Å²) in [6.07, 6.45) is 0. The fourth-order valence-electron chi connectivity index (χ4n) is 1.62. The molecule has 6 heteroatoms. The highest BCUT2D eigenvalue weighted by molar-refractivity contribution is 7.22. The van der Waals surface area contributed by atoms with Crippen molar-refractivity contribution in [1.29, 1.82) is 0 Å². The van der Waals surface area contributed by atoms with Crippen molar-refractivity contribution in [2.75, 3.05) is 5.32 Å². The molecule has 0 aliphatic carbocycles. The number of benzene rings is 1. The molecule has 21 heavy (non-hydrogen) atoms. The second kappa shape index (κ2) is 5.81. The number of hydrogen-bond donors (Lipinski definition) is 2. The van der Waals surface area contributed by atoms with Gasteiger partial charge in [-0.15, -0.1) is 0 Å². The molecule has 0 spiro atoms. The van der Waals surface area contributed by atoms with Gasteiger partial charge in [0, 0.05) is 5.41 Å². The highest BCUT2D eigenvalue weighted by Gasteiger charge is 2.25. The first-order valence-electron chi connectivity index (χ1n) is 6.75. The van der Waals surface area contributed by atoms with Crippen molar-refractivity contribution in [2.24, 2.45) is 5.41 Å². The van der Waals surface area contributed by atoms with E-state index in [1.165, 1.54) is 11.3 Å². The van der Waals surface area contributed by atoms with Gasteiger partial charge in [0.1, 0.15) is 6.04 Å². The molecule has 2 aromatic rings. The normalized spacial score (nSPS) is 13.0. The zero-order chi connectivity index (χ0) is 15.6. The number of aromatic nitrogens is 1. The number of para-hydroxylation sites is 1. The van der Waals surface area contributed by atoms with Gasteiger partial charge in [0.05, 0.1) is 10.2 Å². The largest absolute Gasteiger partial charge is 0.344 e. The van der Waals surface area contributed by atoms with E-state index < -0.39 is 11.5 Å². The molecular formula is C15H19N3O2S. The van der Waals surface area contributed by atoms with Gasteiger partial charge >= 0.3 is 0 Å². The number of amides is 2. The summed E-state index contributed by atoms with van der Waals surface area (Å²) >= 11 is 1.41. The molecule has 0 aliphatic heterocycles. The van der Waals surface area contributed by atoms with Crippen molar-refractivity contribution < 1.29 is 9.59 Å². The van der Waals surface area contributed by atoms with Crippen molar-refractivity contribution in [3.8, 4) is 0 Å². The Labute approximate surface area is 127 Å². The third-order valence-corrected chi connectivity index (χ3v) is 3.90. The number of fused-ring (bicyclic) bond motifs is 1. The molecule has 1 atom stereocenters. The van der Waals surface area contributed by atoms with E-state index in [1.807, 2.05) is 24.3 Å². The molecule has 1 heterocycles. The van der Waals surface area contributed by atoms with Crippen LogP contribution in [-0.2, 0) is 9.59 Å². The fraction of sp³-hybridized carbons (Fsp3) is 0.400. The van der Waals surface area contributed by atoms with Crippen LogP contribution in [0.25, 0.3) is 10.2 Å². The van der Waals surface area contributed by atoms with Gasteiger partial charge in [-0.2, -0.15) is 0 Å². The van der Waals surface area contributed by atoms with E-state index in [1.54, 1.807) is 27.7 Å². The van der Waals surface area contributed by atoms with Gasteiger partial charge in [0.15, 0.2) is 5.13 Å². The number of rotatable bonds is 3. The SMILES string of the molecule is CC(NC(=O)C(C)(C)C)C(=O)Nc1nc2ccccc2s1. The summed E-state index contributed by atoms with van der Waals surface area (Å²) in [6.45, 7) is 7.08. The molecule has 0 aliphatic rings. The zero-order valence-electron chi connectivity index (χ0n) is 12.6. The first kappa shape index (κ1) is 15.4. The number of thiazole rings is 1. The third-order valence-electron chi connectivity index (χ3n) is 2.95. The van der Waals surface area contributed by atoms with Crippen LogP contribution >= 0.6 is 11.3 Å². The Morgan fingerprint density at radius 2 is 1.90 bits per heavy atom. The van der Waals surface area contributed by atoms with Crippen LogP contribution in [-0.4, -0.2) is 22.8 Å². The maximum absolute atomic E-state index is 12.1. The molecule has 2 rings (SSSR count). The Kier molecular flexibility index (Phi) is 4.27. The standard InChI is InChI=1S/C15H19N3O2S/c1-9(16-13(20)15(2,3)4)12(19)18-14-17-10-7-5-6-8-11(10)21-14/h5-9H,1-4H3,(H,16,20)(H,17,18,19). The summed E-state index contributed by atoms with van der Waals surface area (Å²) < 4.78 is 1.01. The molecule has 0 saturated heterocycles. The van der Waals surface area contributed by atoms with Crippen LogP contribution in [0.1, 0.15) is 27.7 Å². The summed E-state index contributed by atoms with van der Waals surface area (Å²) in [4.78, 5) is 28.3. The molecular weight excluding hydrogens is 286 g/mol. The maximum atomic E-state index is 12.1. The predicted octanol–water partition coefficient (Wildman–Crippen LogP) is 2.79. The van der Waals surface area contributed by atoms with Gasteiger partial charge in [-0.1, -0.05) is 44.2 Å². The molecule has 0 radical (unpaired) electrons. The summed E-state index contributed by atoms with van der Waals surface area (Å²) in [5.41, 5.74) is 0.328. The molecule has 1 unspecified atom stereocenters. The number of nitrogens with one attached hydrogen (secondary N) is 2. The molecule has 2 amide bonds. The lowest BCUT2D eigenvalue weighted by Crippen LogP contribution is -2.46. The van der Waals surface area contributed by atoms with Crippen molar-refractivity contribution in [3.63, 3.8) is 0 Å². The van der Waals surface area contributed by atoms with Crippen molar-refractivity contribution in [1.82, 2.24) is 10.3 Å². The summed E-state index contributed by atoms with van der Waals surface area (Å²) in [6, 6.07) is 7.07. The van der Waals surface area contributed by atoms with Gasteiger partial charge in [-0.05, 0) is 19.1 Å². The number of nitrogens with zero attached hydrogens (tertiary/aromatic N) is 1. The van der Waals surface area contributed by atoms with Crippen LogP contribution in [0.3, 0.4) is 0 Å². The van der Waals surface area contributed by atoms with E-state index >= 15 is 0 Å². The van der Waals surface area contributed by atoms with Crippen LogP contribution in [0.4, 0.5) is 5.13 Å². The van der Waals surface area contributed by atoms with Crippen LogP contribution < -0.4 is 10.6 Å². The molecule has 0 saturated carbocycles. The lowest BCUT2D eigenvalue weighted by molar-refractivity contribution is -0.131. The van der Waals surface area contributed by atoms with E-state index in [4.69, 9.17) is 0 Å². The predicted molar refractivity (Wildman–Crippen MR) is 85.3 cm³/mol. The van der Waals surface area contributed by atoms with Crippen molar-refractivity contribution >= 4 is 38.5 Å². The summed E-state index contributed by atoms with van der Waals surface area (Å²) in [5, 5.41) is 5.98. The Morgan fingerprint density at radius 1 is 1.24 bits per heavy atom. The monoisotopic (exact) mass is 305 g/mol. The van der Waals surface area contributed by atoms with Gasteiger partial charge in [-0.25, -0.2) is 4.98 Å². The van der Waals surface area contributed by atoms with Gasteiger partial charge in [-0.3, -0.25) is 9.59 Å². The van der Waals surface area contributed by atoms with Crippen LogP contribution in [0, 0.1) is 5.41 Å². The van der Waals surface area contributed by atoms with E-state index in [-0.39, 0.29) is 11.8 Å². The minimum atomic E-state index is -0.608. The topological polar surface area (TPSA) is 71.1 Å². The minimum Gasteiger partial charge on any atom is -0.344 e. The second-order valence-corrected chi connectivity index (χ2v) is 6.95. The van der Waals surface area contributed by atoms with Crippen LogP contribution in [0.15, 0.2) is 24.3 Å². The summed E-state index contributed by atoms with van der Waals surface area (Å²) in [7, 11) is 0. The fourth-order valence-corrected chi connectivity index (χ4v) is 2.49. The van der Waals surface area contributed by atoms with Gasteiger partial charge in [0.2, 0.25) is 11.8 Å². The molecule has 1 aromatic heterocycles. The number of anilines is 1. The van der Waals surface area contributed by atoms with Crippen molar-refractivity contribution in [2.45, 2.75) is 33.7 Å². The molecule has 1 aromatic carbocycles. The quantitative estimate of drug-likeness (QED) is 0.916. The Morgan fingerprint density at radius 3 is 2.52 bits per heavy atom. The van der Waals surface area contributed by atoms with Gasteiger partial charge in [0.25, 0.3) is 0 Å². The summed E-state index contributed by atoms with van der Waals surface area (Å²) in [5.74, 6) is -0.430. The number of carbonyl (C=O) groups is 2. The average Bonchev–Trinajstić information content (AvgIpc) is 2.79. The Balaban J connectivity index is 2.02. The lowest BCUT2D eigenvalue weighted by Gasteiger charge is -2.21. The second-order valence-electron chi connectivity index (χ2n) is 5.92. The third kappa shape index (κ3) is 3.78. The molecule has 112 valence electrons. The maximum Gasteiger partial charge on any atom is 0.248 e. The van der Waals surface area contributed by atoms with Crippen molar-refractivity contribution in [3.05, 3.63) is 24.3 Å². The number of hydrogen-bond acceptors (Lipinski definition) is 4. The zero-order valence-corrected chi connectivity index (χ0v) is 13.4. The minimum absolute atomic E-state index is 0.158. The van der Waals surface area contributed by atoms with E-state index in [9.17, 15) is 9.59 Å². The Bertz CT molecular complexity index is 640. The first-order chi connectivity index (χ1) is 9.77. The van der Waals surface area contributed by atoms with E-state index in [0.29, 0.717) is 5.13 Å². The molecule has 0 fully saturated rings. The number of carbonyl (C=O) groups excluding carboxylic acids is 2. The molecule has 0 bridgehead atoms. The molecule has 2 N–H and O–H groups in total. The highest BCUT2D eigenvalue weighted by Crippen LogP contribution is 2.25. The smallest absolute Gasteiger partial charge is 0.248 e. The average molecular weight is 305 g/mol. The lowest BCUT2D eigenvalue weighted by atomic mass is 9.95. The Hall–Kier alpha value is -1.95.